The van der Waals surface area contributed by atoms with Crippen molar-refractivity contribution in [1.29, 1.82) is 0 Å². The van der Waals surface area contributed by atoms with Crippen LogP contribution in [0, 0.1) is 0 Å². The van der Waals surface area contributed by atoms with Crippen molar-refractivity contribution in [2.24, 2.45) is 5.73 Å². The molecule has 4 N–H and O–H groups in total. The van der Waals surface area contributed by atoms with Crippen LogP contribution in [-0.2, 0) is 21.8 Å². The average molecular weight is 520 g/mol. The van der Waals surface area contributed by atoms with Crippen molar-refractivity contribution in [3.8, 4) is 11.4 Å². The summed E-state index contributed by atoms with van der Waals surface area (Å²) in [4.78, 5) is 12.6. The number of nitrogens with one attached hydrogen (secondary N) is 2. The quantitative estimate of drug-likeness (QED) is 0.430. The summed E-state index contributed by atoms with van der Waals surface area (Å²) in [5.41, 5.74) is 8.80. The summed E-state index contributed by atoms with van der Waals surface area (Å²) in [5.74, 6) is 0.259. The first-order chi connectivity index (χ1) is 16.3. The summed E-state index contributed by atoms with van der Waals surface area (Å²) in [7, 11) is -2.12. The lowest BCUT2D eigenvalue weighted by Crippen LogP contribution is -2.29. The van der Waals surface area contributed by atoms with Gasteiger partial charge in [0.05, 0.1) is 30.7 Å². The number of anilines is 1. The molecular formula is C24H30ClN5O4S. The van der Waals surface area contributed by atoms with Crippen molar-refractivity contribution >= 4 is 33.2 Å². The predicted octanol–water partition coefficient (Wildman–Crippen LogP) is 4.16. The normalized spacial score (nSPS) is 12.8. The number of carbonyl (C=O) groups is 1. The van der Waals surface area contributed by atoms with E-state index in [4.69, 9.17) is 27.2 Å². The molecule has 0 radical (unpaired) electrons. The SMILES string of the molecule is COc1cc(NC(=O)NCc2cc(C(C)(C)C)nn2-c2cccc(Cl)c2)ccc1C(N)S(C)(=O)=O. The predicted molar refractivity (Wildman–Crippen MR) is 138 cm³/mol. The monoisotopic (exact) mass is 519 g/mol. The molecule has 0 spiro atoms. The number of hydrogen-bond donors (Lipinski definition) is 3. The summed E-state index contributed by atoms with van der Waals surface area (Å²) >= 11 is 6.17. The van der Waals surface area contributed by atoms with E-state index in [2.05, 4.69) is 31.4 Å². The first-order valence-electron chi connectivity index (χ1n) is 10.8. The summed E-state index contributed by atoms with van der Waals surface area (Å²) < 4.78 is 30.7. The molecule has 0 aliphatic rings. The molecule has 11 heteroatoms. The van der Waals surface area contributed by atoms with Gasteiger partial charge in [-0.2, -0.15) is 5.10 Å². The van der Waals surface area contributed by atoms with E-state index in [0.29, 0.717) is 16.3 Å². The molecule has 3 rings (SSSR count). The number of aromatic nitrogens is 2. The molecule has 188 valence electrons. The van der Waals surface area contributed by atoms with E-state index in [1.165, 1.54) is 19.2 Å². The van der Waals surface area contributed by atoms with E-state index >= 15 is 0 Å². The fourth-order valence-electron chi connectivity index (χ4n) is 3.34. The maximum absolute atomic E-state index is 12.6. The van der Waals surface area contributed by atoms with Gasteiger partial charge in [0.2, 0.25) is 0 Å². The number of ether oxygens (including phenoxy) is 1. The van der Waals surface area contributed by atoms with E-state index in [1.54, 1.807) is 22.9 Å². The van der Waals surface area contributed by atoms with Gasteiger partial charge in [0.15, 0.2) is 9.84 Å². The fraction of sp³-hybridized carbons (Fsp3) is 0.333. The third-order valence-corrected chi connectivity index (χ3v) is 6.71. The molecule has 2 aromatic carbocycles. The zero-order valence-electron chi connectivity index (χ0n) is 20.3. The lowest BCUT2D eigenvalue weighted by Gasteiger charge is -2.16. The number of sulfone groups is 1. The Morgan fingerprint density at radius 2 is 1.91 bits per heavy atom. The molecule has 0 aliphatic carbocycles. The molecule has 0 saturated heterocycles. The second-order valence-corrected chi connectivity index (χ2v) is 11.8. The van der Waals surface area contributed by atoms with Crippen molar-refractivity contribution in [3.63, 3.8) is 0 Å². The second kappa shape index (κ2) is 10.3. The number of nitrogens with two attached hydrogens (primary N) is 1. The summed E-state index contributed by atoms with van der Waals surface area (Å²) in [5, 5.41) is 9.64. The van der Waals surface area contributed by atoms with Gasteiger partial charge in [0.1, 0.15) is 11.1 Å². The minimum atomic E-state index is -3.52. The zero-order chi connectivity index (χ0) is 26.0. The molecule has 1 atom stereocenters. The lowest BCUT2D eigenvalue weighted by atomic mass is 9.92. The minimum Gasteiger partial charge on any atom is -0.496 e. The third kappa shape index (κ3) is 6.53. The molecule has 0 saturated carbocycles. The van der Waals surface area contributed by atoms with Gasteiger partial charge in [-0.1, -0.05) is 44.5 Å². The Morgan fingerprint density at radius 1 is 1.20 bits per heavy atom. The highest BCUT2D eigenvalue weighted by Gasteiger charge is 2.23. The average Bonchev–Trinajstić information content (AvgIpc) is 3.21. The topological polar surface area (TPSA) is 128 Å². The van der Waals surface area contributed by atoms with Gasteiger partial charge >= 0.3 is 6.03 Å². The molecular weight excluding hydrogens is 490 g/mol. The van der Waals surface area contributed by atoms with E-state index in [1.807, 2.05) is 18.2 Å². The Morgan fingerprint density at radius 3 is 2.51 bits per heavy atom. The first kappa shape index (κ1) is 26.5. The lowest BCUT2D eigenvalue weighted by molar-refractivity contribution is 0.251. The van der Waals surface area contributed by atoms with E-state index < -0.39 is 21.2 Å². The standard InChI is InChI=1S/C24H30ClN5O4S/c1-24(2,3)21-13-18(30(29-21)17-8-6-7-15(25)11-17)14-27-23(31)28-16-9-10-19(20(12-16)34-4)22(26)35(5,32)33/h6-13,22H,14,26H2,1-5H3,(H2,27,28,31). The van der Waals surface area contributed by atoms with Crippen LogP contribution < -0.4 is 21.1 Å². The smallest absolute Gasteiger partial charge is 0.319 e. The van der Waals surface area contributed by atoms with Gasteiger partial charge in [-0.15, -0.1) is 0 Å². The van der Waals surface area contributed by atoms with Crippen LogP contribution in [0.2, 0.25) is 5.02 Å². The molecule has 1 heterocycles. The van der Waals surface area contributed by atoms with Crippen LogP contribution in [0.1, 0.15) is 43.1 Å². The van der Waals surface area contributed by atoms with Gasteiger partial charge in [0.25, 0.3) is 0 Å². The van der Waals surface area contributed by atoms with Crippen molar-refractivity contribution < 1.29 is 17.9 Å². The van der Waals surface area contributed by atoms with Crippen molar-refractivity contribution in [2.75, 3.05) is 18.7 Å². The van der Waals surface area contributed by atoms with Gasteiger partial charge < -0.3 is 21.1 Å². The Hall–Kier alpha value is -3.08. The highest BCUT2D eigenvalue weighted by molar-refractivity contribution is 7.90. The Bertz CT molecular complexity index is 1330. The molecule has 9 nitrogen and oxygen atoms in total. The van der Waals surface area contributed by atoms with E-state index in [9.17, 15) is 13.2 Å². The molecule has 0 bridgehead atoms. The second-order valence-electron chi connectivity index (χ2n) is 9.18. The molecule has 1 unspecified atom stereocenters. The summed E-state index contributed by atoms with van der Waals surface area (Å²) in [6, 6.07) is 13.4. The number of halogens is 1. The van der Waals surface area contributed by atoms with Gasteiger partial charge in [-0.25, -0.2) is 17.9 Å². The molecule has 0 fully saturated rings. The number of hydrogen-bond acceptors (Lipinski definition) is 6. The molecule has 1 aromatic heterocycles. The van der Waals surface area contributed by atoms with E-state index in [-0.39, 0.29) is 17.7 Å². The Balaban J connectivity index is 1.78. The number of urea groups is 1. The van der Waals surface area contributed by atoms with Crippen LogP contribution >= 0.6 is 11.6 Å². The van der Waals surface area contributed by atoms with Crippen molar-refractivity contribution in [3.05, 3.63) is 70.5 Å². The molecule has 35 heavy (non-hydrogen) atoms. The Kier molecular flexibility index (Phi) is 7.78. The number of nitrogens with zero attached hydrogens (tertiary/aromatic N) is 2. The summed E-state index contributed by atoms with van der Waals surface area (Å²) in [6.07, 6.45) is 1.05. The van der Waals surface area contributed by atoms with Gasteiger partial charge in [0, 0.05) is 34.0 Å². The molecule has 2 amide bonds. The number of benzene rings is 2. The van der Waals surface area contributed by atoms with Gasteiger partial charge in [-0.05, 0) is 30.3 Å². The molecule has 3 aromatic rings. The van der Waals surface area contributed by atoms with Crippen LogP contribution in [0.3, 0.4) is 0 Å². The highest BCUT2D eigenvalue weighted by atomic mass is 35.5. The minimum absolute atomic E-state index is 0.189. The Labute approximate surface area is 210 Å². The number of carbonyl (C=O) groups excluding carboxylic acids is 1. The van der Waals surface area contributed by atoms with Crippen LogP contribution in [0.4, 0.5) is 10.5 Å². The number of rotatable bonds is 7. The van der Waals surface area contributed by atoms with Gasteiger partial charge in [-0.3, -0.25) is 0 Å². The highest BCUT2D eigenvalue weighted by Crippen LogP contribution is 2.30. The van der Waals surface area contributed by atoms with E-state index in [0.717, 1.165) is 23.3 Å². The zero-order valence-corrected chi connectivity index (χ0v) is 21.9. The maximum atomic E-state index is 12.6. The van der Waals surface area contributed by atoms with Crippen molar-refractivity contribution in [2.45, 2.75) is 38.1 Å². The van der Waals surface area contributed by atoms with Crippen LogP contribution in [-0.4, -0.2) is 37.6 Å². The molecule has 0 aliphatic heterocycles. The third-order valence-electron chi connectivity index (χ3n) is 5.29. The number of amides is 2. The van der Waals surface area contributed by atoms with Crippen LogP contribution in [0.25, 0.3) is 5.69 Å². The van der Waals surface area contributed by atoms with Crippen molar-refractivity contribution in [1.82, 2.24) is 15.1 Å². The summed E-state index contributed by atoms with van der Waals surface area (Å²) in [6.45, 7) is 6.40. The maximum Gasteiger partial charge on any atom is 0.319 e. The largest absolute Gasteiger partial charge is 0.496 e. The fourth-order valence-corrected chi connectivity index (χ4v) is 4.18. The van der Waals surface area contributed by atoms with Crippen LogP contribution in [0.5, 0.6) is 5.75 Å². The number of methoxy groups -OCH3 is 1. The first-order valence-corrected chi connectivity index (χ1v) is 13.2. The van der Waals surface area contributed by atoms with Crippen LogP contribution in [0.15, 0.2) is 48.5 Å².